The van der Waals surface area contributed by atoms with Gasteiger partial charge in [0.25, 0.3) is 0 Å². The van der Waals surface area contributed by atoms with Crippen LogP contribution in [0.5, 0.6) is 5.75 Å². The summed E-state index contributed by atoms with van der Waals surface area (Å²) in [7, 11) is 0. The number of carbonyl (C=O) groups is 2. The first-order valence-electron chi connectivity index (χ1n) is 7.32. The highest BCUT2D eigenvalue weighted by Crippen LogP contribution is 2.20. The molecule has 0 radical (unpaired) electrons. The molecule has 0 heterocycles. The summed E-state index contributed by atoms with van der Waals surface area (Å²) in [5.74, 6) is -0.404. The maximum absolute atomic E-state index is 12.2. The number of ether oxygens (including phenoxy) is 2. The molecule has 1 aromatic rings. The Labute approximate surface area is 141 Å². The van der Waals surface area contributed by atoms with Gasteiger partial charge in [-0.05, 0) is 58.9 Å². The van der Waals surface area contributed by atoms with Gasteiger partial charge in [0.15, 0.2) is 5.96 Å². The number of guanidine groups is 1. The van der Waals surface area contributed by atoms with Crippen LogP contribution in [0, 0.1) is 0 Å². The van der Waals surface area contributed by atoms with E-state index >= 15 is 0 Å². The molecule has 8 heteroatoms. The Bertz CT molecular complexity index is 626. The summed E-state index contributed by atoms with van der Waals surface area (Å²) < 4.78 is 10.4. The van der Waals surface area contributed by atoms with Crippen molar-refractivity contribution in [3.63, 3.8) is 0 Å². The van der Waals surface area contributed by atoms with Gasteiger partial charge >= 0.3 is 12.1 Å². The zero-order valence-corrected chi connectivity index (χ0v) is 14.5. The average Bonchev–Trinajstić information content (AvgIpc) is 2.37. The molecule has 0 aliphatic carbocycles. The minimum atomic E-state index is -1.26. The van der Waals surface area contributed by atoms with Gasteiger partial charge in [-0.1, -0.05) is 0 Å². The van der Waals surface area contributed by atoms with Crippen LogP contribution in [-0.2, 0) is 9.53 Å². The first-order chi connectivity index (χ1) is 10.9. The Morgan fingerprint density at radius 1 is 1.04 bits per heavy atom. The predicted octanol–water partition coefficient (Wildman–Crippen LogP) is 1.80. The zero-order valence-electron chi connectivity index (χ0n) is 14.5. The number of rotatable bonds is 4. The molecule has 0 aromatic heterocycles. The molecular weight excluding hydrogens is 312 g/mol. The quantitative estimate of drug-likeness (QED) is 0.333. The maximum atomic E-state index is 12.2. The third-order valence-corrected chi connectivity index (χ3v) is 2.63. The summed E-state index contributed by atoms with van der Waals surface area (Å²) in [4.78, 5) is 27.9. The van der Waals surface area contributed by atoms with E-state index in [2.05, 4.69) is 10.3 Å². The van der Waals surface area contributed by atoms with E-state index in [0.717, 1.165) is 0 Å². The van der Waals surface area contributed by atoms with Crippen molar-refractivity contribution in [2.24, 2.45) is 16.5 Å². The molecule has 0 bridgehead atoms. The lowest BCUT2D eigenvalue weighted by Gasteiger charge is -2.26. The lowest BCUT2D eigenvalue weighted by atomic mass is 10.1. The molecule has 0 unspecified atom stereocenters. The third kappa shape index (κ3) is 6.55. The maximum Gasteiger partial charge on any atom is 0.408 e. The first kappa shape index (κ1) is 19.3. The number of nitrogens with two attached hydrogens (primary N) is 2. The summed E-state index contributed by atoms with van der Waals surface area (Å²) in [5.41, 5.74) is 9.17. The second-order valence-corrected chi connectivity index (χ2v) is 6.67. The highest BCUT2D eigenvalue weighted by atomic mass is 16.6. The minimum Gasteiger partial charge on any atom is -0.444 e. The van der Waals surface area contributed by atoms with Crippen molar-refractivity contribution in [1.82, 2.24) is 5.32 Å². The van der Waals surface area contributed by atoms with Crippen LogP contribution in [0.2, 0.25) is 0 Å². The van der Waals surface area contributed by atoms with Gasteiger partial charge in [0.05, 0.1) is 5.69 Å². The molecule has 8 nitrogen and oxygen atoms in total. The molecule has 1 rings (SSSR count). The molecule has 0 saturated carbocycles. The SMILES string of the molecule is CC(C)(C)OC(=O)NC(C)(C)C(=O)Oc1ccc(N=C(N)N)cc1. The third-order valence-electron chi connectivity index (χ3n) is 2.63. The fraction of sp³-hybridized carbons (Fsp3) is 0.438. The lowest BCUT2D eigenvalue weighted by Crippen LogP contribution is -2.52. The Hall–Kier alpha value is -2.77. The molecule has 0 aliphatic heterocycles. The second-order valence-electron chi connectivity index (χ2n) is 6.67. The number of nitrogens with zero attached hydrogens (tertiary/aromatic N) is 1. The van der Waals surface area contributed by atoms with Crippen molar-refractivity contribution < 1.29 is 19.1 Å². The van der Waals surface area contributed by atoms with E-state index < -0.39 is 23.2 Å². The second kappa shape index (κ2) is 7.20. The Morgan fingerprint density at radius 2 is 1.58 bits per heavy atom. The summed E-state index contributed by atoms with van der Waals surface area (Å²) in [6.45, 7) is 8.24. The Kier molecular flexibility index (Phi) is 5.78. The van der Waals surface area contributed by atoms with Gasteiger partial charge in [-0.15, -0.1) is 0 Å². The molecule has 0 atom stereocenters. The van der Waals surface area contributed by atoms with E-state index in [1.54, 1.807) is 45.0 Å². The molecular formula is C16H24N4O4. The van der Waals surface area contributed by atoms with Crippen molar-refractivity contribution in [2.45, 2.75) is 45.8 Å². The smallest absolute Gasteiger partial charge is 0.408 e. The molecule has 0 spiro atoms. The molecule has 1 amide bonds. The largest absolute Gasteiger partial charge is 0.444 e. The summed E-state index contributed by atoms with van der Waals surface area (Å²) in [5, 5.41) is 2.48. The van der Waals surface area contributed by atoms with Crippen LogP contribution in [0.15, 0.2) is 29.3 Å². The van der Waals surface area contributed by atoms with E-state index in [0.29, 0.717) is 11.4 Å². The van der Waals surface area contributed by atoms with Crippen LogP contribution in [0.4, 0.5) is 10.5 Å². The average molecular weight is 336 g/mol. The van der Waals surface area contributed by atoms with Crippen LogP contribution in [0.1, 0.15) is 34.6 Å². The molecule has 0 fully saturated rings. The number of benzene rings is 1. The van der Waals surface area contributed by atoms with Gasteiger partial charge in [0, 0.05) is 0 Å². The molecule has 24 heavy (non-hydrogen) atoms. The van der Waals surface area contributed by atoms with Crippen molar-refractivity contribution >= 4 is 23.7 Å². The van der Waals surface area contributed by atoms with E-state index in [4.69, 9.17) is 20.9 Å². The Balaban J connectivity index is 2.71. The molecule has 5 N–H and O–H groups in total. The van der Waals surface area contributed by atoms with E-state index in [9.17, 15) is 9.59 Å². The fourth-order valence-electron chi connectivity index (χ4n) is 1.58. The summed E-state index contributed by atoms with van der Waals surface area (Å²) >= 11 is 0. The number of nitrogens with one attached hydrogen (secondary N) is 1. The number of aliphatic imine (C=N–C) groups is 1. The standard InChI is InChI=1S/C16H24N4O4/c1-15(2,3)24-14(22)20-16(4,5)12(21)23-11-8-6-10(7-9-11)19-13(17)18/h6-9H,1-5H3,(H,20,22)(H4,17,18,19). The molecule has 0 aliphatic rings. The van der Waals surface area contributed by atoms with E-state index in [-0.39, 0.29) is 5.96 Å². The predicted molar refractivity (Wildman–Crippen MR) is 91.0 cm³/mol. The Morgan fingerprint density at radius 3 is 2.04 bits per heavy atom. The molecule has 0 saturated heterocycles. The van der Waals surface area contributed by atoms with Gasteiger partial charge in [-0.25, -0.2) is 14.6 Å². The van der Waals surface area contributed by atoms with Crippen LogP contribution in [0.25, 0.3) is 0 Å². The van der Waals surface area contributed by atoms with Gasteiger partial charge in [0.2, 0.25) is 0 Å². The van der Waals surface area contributed by atoms with E-state index in [1.165, 1.54) is 13.8 Å². The first-order valence-corrected chi connectivity index (χ1v) is 7.32. The molecule has 132 valence electrons. The van der Waals surface area contributed by atoms with Crippen LogP contribution in [-0.4, -0.2) is 29.2 Å². The van der Waals surface area contributed by atoms with Crippen molar-refractivity contribution in [2.75, 3.05) is 0 Å². The number of alkyl carbamates (subject to hydrolysis) is 1. The highest BCUT2D eigenvalue weighted by Gasteiger charge is 2.33. The summed E-state index contributed by atoms with van der Waals surface area (Å²) in [6, 6.07) is 6.28. The van der Waals surface area contributed by atoms with Gasteiger partial charge < -0.3 is 26.3 Å². The fourth-order valence-corrected chi connectivity index (χ4v) is 1.58. The number of carbonyl (C=O) groups excluding carboxylic acids is 2. The molecule has 1 aromatic carbocycles. The van der Waals surface area contributed by atoms with Crippen LogP contribution in [0.3, 0.4) is 0 Å². The van der Waals surface area contributed by atoms with E-state index in [1.807, 2.05) is 0 Å². The summed E-state index contributed by atoms with van der Waals surface area (Å²) in [6.07, 6.45) is -0.701. The van der Waals surface area contributed by atoms with Gasteiger partial charge in [0.1, 0.15) is 16.9 Å². The number of hydrogen-bond acceptors (Lipinski definition) is 5. The zero-order chi connectivity index (χ0) is 18.5. The van der Waals surface area contributed by atoms with Crippen LogP contribution >= 0.6 is 0 Å². The topological polar surface area (TPSA) is 129 Å². The monoisotopic (exact) mass is 336 g/mol. The van der Waals surface area contributed by atoms with Gasteiger partial charge in [-0.3, -0.25) is 0 Å². The van der Waals surface area contributed by atoms with Crippen molar-refractivity contribution in [1.29, 1.82) is 0 Å². The minimum absolute atomic E-state index is 0.0672. The van der Waals surface area contributed by atoms with Crippen LogP contribution < -0.4 is 21.5 Å². The number of hydrogen-bond donors (Lipinski definition) is 3. The number of amides is 1. The normalized spacial score (nSPS) is 11.4. The van der Waals surface area contributed by atoms with Gasteiger partial charge in [-0.2, -0.15) is 0 Å². The number of esters is 1. The van der Waals surface area contributed by atoms with Crippen molar-refractivity contribution in [3.8, 4) is 5.75 Å². The highest BCUT2D eigenvalue weighted by molar-refractivity contribution is 5.86. The van der Waals surface area contributed by atoms with Crippen molar-refractivity contribution in [3.05, 3.63) is 24.3 Å². The lowest BCUT2D eigenvalue weighted by molar-refractivity contribution is -0.140.